The fourth-order valence-electron chi connectivity index (χ4n) is 0.836. The normalized spacial score (nSPS) is 9.73. The molecule has 11 heavy (non-hydrogen) atoms. The van der Waals surface area contributed by atoms with Crippen LogP contribution in [0.25, 0.3) is 0 Å². The van der Waals surface area contributed by atoms with Crippen molar-refractivity contribution in [2.75, 3.05) is 7.11 Å². The fourth-order valence-corrected chi connectivity index (χ4v) is 1.09. The van der Waals surface area contributed by atoms with Crippen LogP contribution >= 0.6 is 11.6 Å². The summed E-state index contributed by atoms with van der Waals surface area (Å²) in [5.41, 5.74) is 6.30. The van der Waals surface area contributed by atoms with Crippen molar-refractivity contribution in [3.8, 4) is 5.75 Å². The third kappa shape index (κ3) is 1.61. The first-order chi connectivity index (χ1) is 5.29. The Labute approximate surface area is 70.1 Å². The lowest BCUT2D eigenvalue weighted by Gasteiger charge is -2.05. The molecule has 60 valence electrons. The monoisotopic (exact) mass is 172 g/mol. The molecule has 1 heterocycles. The second-order valence-electron chi connectivity index (χ2n) is 2.00. The first kappa shape index (κ1) is 8.30. The number of ether oxygens (including phenoxy) is 1. The third-order valence-electron chi connectivity index (χ3n) is 1.37. The van der Waals surface area contributed by atoms with E-state index >= 15 is 0 Å². The lowest BCUT2D eigenvalue weighted by Crippen LogP contribution is -2.00. The molecule has 0 fully saturated rings. The van der Waals surface area contributed by atoms with E-state index in [1.165, 1.54) is 0 Å². The molecule has 1 aromatic rings. The van der Waals surface area contributed by atoms with Crippen molar-refractivity contribution >= 4 is 11.6 Å². The number of aromatic nitrogens is 1. The van der Waals surface area contributed by atoms with Crippen LogP contribution in [0.2, 0.25) is 5.15 Å². The van der Waals surface area contributed by atoms with Gasteiger partial charge in [-0.25, -0.2) is 4.98 Å². The zero-order chi connectivity index (χ0) is 8.27. The second kappa shape index (κ2) is 3.55. The molecule has 0 saturated carbocycles. The summed E-state index contributed by atoms with van der Waals surface area (Å²) in [5, 5.41) is 0.357. The molecule has 0 aliphatic carbocycles. The molecule has 2 N–H and O–H groups in total. The van der Waals surface area contributed by atoms with E-state index in [0.29, 0.717) is 17.4 Å². The second-order valence-corrected chi connectivity index (χ2v) is 2.36. The number of nitrogens with zero attached hydrogens (tertiary/aromatic N) is 1. The number of rotatable bonds is 2. The van der Waals surface area contributed by atoms with Crippen LogP contribution in [0.1, 0.15) is 5.56 Å². The van der Waals surface area contributed by atoms with Gasteiger partial charge in [0.2, 0.25) is 0 Å². The van der Waals surface area contributed by atoms with Crippen LogP contribution in [0.15, 0.2) is 12.3 Å². The number of hydrogen-bond acceptors (Lipinski definition) is 3. The summed E-state index contributed by atoms with van der Waals surface area (Å²) in [4.78, 5) is 3.84. The van der Waals surface area contributed by atoms with Gasteiger partial charge < -0.3 is 10.5 Å². The average molecular weight is 173 g/mol. The van der Waals surface area contributed by atoms with E-state index in [1.807, 2.05) is 0 Å². The summed E-state index contributed by atoms with van der Waals surface area (Å²) >= 11 is 5.72. The minimum atomic E-state index is 0.357. The van der Waals surface area contributed by atoms with Crippen molar-refractivity contribution in [1.29, 1.82) is 0 Å². The Balaban J connectivity index is 3.13. The Kier molecular flexibility index (Phi) is 2.68. The summed E-state index contributed by atoms with van der Waals surface area (Å²) in [6, 6.07) is 1.78. The largest absolute Gasteiger partial charge is 0.493 e. The van der Waals surface area contributed by atoms with Gasteiger partial charge in [0.05, 0.1) is 7.11 Å². The van der Waals surface area contributed by atoms with Gasteiger partial charge in [-0.3, -0.25) is 0 Å². The Morgan fingerprint density at radius 1 is 1.73 bits per heavy atom. The van der Waals surface area contributed by atoms with Gasteiger partial charge in [-0.15, -0.1) is 0 Å². The molecule has 3 nitrogen and oxygen atoms in total. The molecule has 1 aromatic heterocycles. The Hall–Kier alpha value is -0.800. The zero-order valence-corrected chi connectivity index (χ0v) is 6.93. The summed E-state index contributed by atoms with van der Waals surface area (Å²) in [5.74, 6) is 0.566. The molecule has 0 saturated heterocycles. The van der Waals surface area contributed by atoms with E-state index in [1.54, 1.807) is 19.4 Å². The highest BCUT2D eigenvalue weighted by molar-refractivity contribution is 6.30. The molecule has 0 spiro atoms. The summed E-state index contributed by atoms with van der Waals surface area (Å²) in [7, 11) is 1.54. The van der Waals surface area contributed by atoms with E-state index < -0.39 is 0 Å². The molecule has 0 aromatic carbocycles. The van der Waals surface area contributed by atoms with Gasteiger partial charge in [0.15, 0.2) is 10.9 Å². The van der Waals surface area contributed by atoms with Gasteiger partial charge in [-0.05, 0) is 6.07 Å². The molecule has 0 aliphatic heterocycles. The molecule has 0 unspecified atom stereocenters. The van der Waals surface area contributed by atoms with Gasteiger partial charge in [-0.2, -0.15) is 0 Å². The van der Waals surface area contributed by atoms with Crippen LogP contribution in [-0.2, 0) is 6.54 Å². The molecular formula is C7H9ClN2O. The zero-order valence-electron chi connectivity index (χ0n) is 6.17. The quantitative estimate of drug-likeness (QED) is 0.682. The lowest BCUT2D eigenvalue weighted by molar-refractivity contribution is 0.408. The van der Waals surface area contributed by atoms with Crippen molar-refractivity contribution in [1.82, 2.24) is 4.98 Å². The number of hydrogen-bond donors (Lipinski definition) is 1. The predicted molar refractivity (Wildman–Crippen MR) is 43.7 cm³/mol. The Morgan fingerprint density at radius 2 is 2.45 bits per heavy atom. The molecular weight excluding hydrogens is 164 g/mol. The highest BCUT2D eigenvalue weighted by atomic mass is 35.5. The lowest BCUT2D eigenvalue weighted by atomic mass is 10.2. The highest BCUT2D eigenvalue weighted by Crippen LogP contribution is 2.24. The van der Waals surface area contributed by atoms with Crippen molar-refractivity contribution in [2.24, 2.45) is 5.73 Å². The molecule has 0 amide bonds. The summed E-state index contributed by atoms with van der Waals surface area (Å²) < 4.78 is 4.99. The van der Waals surface area contributed by atoms with Crippen LogP contribution in [0.3, 0.4) is 0 Å². The first-order valence-corrected chi connectivity index (χ1v) is 3.54. The number of pyridine rings is 1. The molecule has 0 aliphatic rings. The maximum Gasteiger partial charge on any atom is 0.171 e. The molecule has 0 atom stereocenters. The maximum absolute atomic E-state index is 5.72. The standard InChI is InChI=1S/C7H9ClN2O/c1-11-6-5(4-9)2-3-10-7(6)8/h2-3H,4,9H2,1H3. The smallest absolute Gasteiger partial charge is 0.171 e. The SMILES string of the molecule is COc1c(CN)ccnc1Cl. The Morgan fingerprint density at radius 3 is 2.91 bits per heavy atom. The van der Waals surface area contributed by atoms with Gasteiger partial charge in [0.25, 0.3) is 0 Å². The molecule has 4 heteroatoms. The van der Waals surface area contributed by atoms with Crippen LogP contribution in [-0.4, -0.2) is 12.1 Å². The molecule has 0 bridgehead atoms. The van der Waals surface area contributed by atoms with E-state index in [2.05, 4.69) is 4.98 Å². The van der Waals surface area contributed by atoms with Crippen molar-refractivity contribution in [2.45, 2.75) is 6.54 Å². The van der Waals surface area contributed by atoms with Crippen molar-refractivity contribution < 1.29 is 4.74 Å². The number of halogens is 1. The maximum atomic E-state index is 5.72. The van der Waals surface area contributed by atoms with E-state index in [-0.39, 0.29) is 0 Å². The van der Waals surface area contributed by atoms with Crippen LogP contribution < -0.4 is 10.5 Å². The highest BCUT2D eigenvalue weighted by Gasteiger charge is 2.05. The van der Waals surface area contributed by atoms with E-state index in [4.69, 9.17) is 22.1 Å². The first-order valence-electron chi connectivity index (χ1n) is 3.17. The van der Waals surface area contributed by atoms with Crippen LogP contribution in [0.4, 0.5) is 0 Å². The van der Waals surface area contributed by atoms with Gasteiger partial charge >= 0.3 is 0 Å². The van der Waals surface area contributed by atoms with Crippen LogP contribution in [0, 0.1) is 0 Å². The van der Waals surface area contributed by atoms with Crippen molar-refractivity contribution in [3.05, 3.63) is 23.0 Å². The van der Waals surface area contributed by atoms with Gasteiger partial charge in [-0.1, -0.05) is 11.6 Å². The third-order valence-corrected chi connectivity index (χ3v) is 1.64. The molecule has 1 rings (SSSR count). The minimum absolute atomic E-state index is 0.357. The van der Waals surface area contributed by atoms with Gasteiger partial charge in [0, 0.05) is 18.3 Å². The topological polar surface area (TPSA) is 48.1 Å². The number of nitrogens with two attached hydrogens (primary N) is 1. The summed E-state index contributed by atoms with van der Waals surface area (Å²) in [6.07, 6.45) is 1.60. The predicted octanol–water partition coefficient (Wildman–Crippen LogP) is 1.20. The number of methoxy groups -OCH3 is 1. The minimum Gasteiger partial charge on any atom is -0.493 e. The molecule has 0 radical (unpaired) electrons. The Bertz CT molecular complexity index is 252. The van der Waals surface area contributed by atoms with E-state index in [9.17, 15) is 0 Å². The van der Waals surface area contributed by atoms with Crippen LogP contribution in [0.5, 0.6) is 5.75 Å². The van der Waals surface area contributed by atoms with Crippen molar-refractivity contribution in [3.63, 3.8) is 0 Å². The van der Waals surface area contributed by atoms with E-state index in [0.717, 1.165) is 5.56 Å². The van der Waals surface area contributed by atoms with Gasteiger partial charge in [0.1, 0.15) is 0 Å². The summed E-state index contributed by atoms with van der Waals surface area (Å²) in [6.45, 7) is 0.408. The fraction of sp³-hybridized carbons (Fsp3) is 0.286. The average Bonchev–Trinajstić information content (AvgIpc) is 2.04.